The Morgan fingerprint density at radius 3 is 2.30 bits per heavy atom. The molecule has 1 aromatic heterocycles. The summed E-state index contributed by atoms with van der Waals surface area (Å²) < 4.78 is 7.05. The zero-order chi connectivity index (χ0) is 20.6. The van der Waals surface area contributed by atoms with Crippen LogP contribution in [0.25, 0.3) is 0 Å². The second-order valence-corrected chi connectivity index (χ2v) is 6.94. The Bertz CT molecular complexity index is 633. The fourth-order valence-electron chi connectivity index (χ4n) is 3.62. The topological polar surface area (TPSA) is 63.6 Å². The Morgan fingerprint density at radius 2 is 1.78 bits per heavy atom. The number of hydrogen-bond donors (Lipinski definition) is 1. The quantitative estimate of drug-likeness (QED) is 0.597. The first kappa shape index (κ1) is 23.2. The highest BCUT2D eigenvalue weighted by Gasteiger charge is 2.27. The summed E-state index contributed by atoms with van der Waals surface area (Å²) in [6.45, 7) is 17.9. The Balaban J connectivity index is 2.87. The van der Waals surface area contributed by atoms with Crippen LogP contribution in [0.15, 0.2) is 0 Å². The van der Waals surface area contributed by atoms with Crippen LogP contribution in [0.2, 0.25) is 0 Å². The van der Waals surface area contributed by atoms with E-state index in [2.05, 4.69) is 24.1 Å². The number of aromatic nitrogens is 1. The van der Waals surface area contributed by atoms with Gasteiger partial charge in [0.15, 0.2) is 0 Å². The van der Waals surface area contributed by atoms with E-state index in [0.717, 1.165) is 38.2 Å². The largest absolute Gasteiger partial charge is 0.461 e. The maximum atomic E-state index is 12.9. The minimum Gasteiger partial charge on any atom is -0.461 e. The fraction of sp³-hybridized carbons (Fsp3) is 0.714. The lowest BCUT2D eigenvalue weighted by Crippen LogP contribution is -2.34. The van der Waals surface area contributed by atoms with Crippen LogP contribution in [0.1, 0.15) is 79.6 Å². The van der Waals surface area contributed by atoms with Crippen molar-refractivity contribution in [1.29, 1.82) is 0 Å². The van der Waals surface area contributed by atoms with Gasteiger partial charge in [0, 0.05) is 18.3 Å². The lowest BCUT2D eigenvalue weighted by Gasteiger charge is -2.20. The third-order valence-corrected chi connectivity index (χ3v) is 5.16. The minimum atomic E-state index is -0.369. The molecule has 0 fully saturated rings. The van der Waals surface area contributed by atoms with Crippen molar-refractivity contribution in [3.8, 4) is 0 Å². The lowest BCUT2D eigenvalue weighted by molar-refractivity contribution is 0.0512. The van der Waals surface area contributed by atoms with Gasteiger partial charge in [0.2, 0.25) is 0 Å². The molecule has 0 aromatic carbocycles. The molecular weight excluding hydrogens is 342 g/mol. The summed E-state index contributed by atoms with van der Waals surface area (Å²) in [5, 5.41) is 3.10. The van der Waals surface area contributed by atoms with E-state index in [9.17, 15) is 9.59 Å². The molecular formula is C21H37N3O3. The molecule has 1 N–H and O–H groups in total. The number of ether oxygens (including phenoxy) is 1. The molecule has 1 atom stereocenters. The van der Waals surface area contributed by atoms with Crippen LogP contribution in [-0.4, -0.2) is 53.6 Å². The molecule has 0 aliphatic rings. The molecule has 6 heteroatoms. The Kier molecular flexibility index (Phi) is 9.56. The number of nitrogens with one attached hydrogen (secondary N) is 1. The standard InChI is InChI=1S/C21H37N3O3/c1-8-23(9-2)14-12-13-15(5)22-20(25)18-16(6)19(21(26)27-11-4)24(10-3)17(18)7/h15H,8-14H2,1-7H3,(H,22,25). The summed E-state index contributed by atoms with van der Waals surface area (Å²) in [6, 6.07) is 0.0860. The number of hydrogen-bond acceptors (Lipinski definition) is 4. The SMILES string of the molecule is CCOC(=O)c1c(C)c(C(=O)NC(C)CCCN(CC)CC)c(C)n1CC. The van der Waals surface area contributed by atoms with Gasteiger partial charge in [0.25, 0.3) is 5.91 Å². The van der Waals surface area contributed by atoms with Crippen LogP contribution in [0.5, 0.6) is 0 Å². The zero-order valence-electron chi connectivity index (χ0n) is 18.1. The van der Waals surface area contributed by atoms with E-state index in [1.807, 2.05) is 32.3 Å². The summed E-state index contributed by atoms with van der Waals surface area (Å²) in [5.74, 6) is -0.482. The van der Waals surface area contributed by atoms with Crippen molar-refractivity contribution in [2.45, 2.75) is 73.9 Å². The molecule has 1 heterocycles. The van der Waals surface area contributed by atoms with E-state index >= 15 is 0 Å². The normalized spacial score (nSPS) is 12.3. The molecule has 0 saturated heterocycles. The third kappa shape index (κ3) is 5.83. The third-order valence-electron chi connectivity index (χ3n) is 5.16. The van der Waals surface area contributed by atoms with E-state index in [0.29, 0.717) is 30.0 Å². The van der Waals surface area contributed by atoms with Gasteiger partial charge in [-0.3, -0.25) is 4.79 Å². The number of carbonyl (C=O) groups is 2. The number of carbonyl (C=O) groups excluding carboxylic acids is 2. The van der Waals surface area contributed by atoms with Crippen molar-refractivity contribution in [2.24, 2.45) is 0 Å². The predicted octanol–water partition coefficient (Wildman–Crippen LogP) is 3.54. The van der Waals surface area contributed by atoms with E-state index in [4.69, 9.17) is 4.74 Å². The summed E-state index contributed by atoms with van der Waals surface area (Å²) >= 11 is 0. The molecule has 1 aromatic rings. The van der Waals surface area contributed by atoms with Crippen molar-refractivity contribution in [3.05, 3.63) is 22.5 Å². The predicted molar refractivity (Wildman–Crippen MR) is 109 cm³/mol. The van der Waals surface area contributed by atoms with Crippen molar-refractivity contribution in [3.63, 3.8) is 0 Å². The van der Waals surface area contributed by atoms with E-state index < -0.39 is 0 Å². The van der Waals surface area contributed by atoms with Crippen LogP contribution < -0.4 is 5.32 Å². The van der Waals surface area contributed by atoms with Gasteiger partial charge in [0.05, 0.1) is 12.2 Å². The molecule has 1 amide bonds. The van der Waals surface area contributed by atoms with Crippen LogP contribution in [-0.2, 0) is 11.3 Å². The number of esters is 1. The van der Waals surface area contributed by atoms with Gasteiger partial charge in [-0.25, -0.2) is 4.79 Å². The number of nitrogens with zero attached hydrogens (tertiary/aromatic N) is 2. The Labute approximate surface area is 164 Å². The minimum absolute atomic E-state index is 0.0860. The smallest absolute Gasteiger partial charge is 0.355 e. The average molecular weight is 380 g/mol. The molecule has 1 rings (SSSR count). The summed E-state index contributed by atoms with van der Waals surface area (Å²) in [4.78, 5) is 27.6. The van der Waals surface area contributed by atoms with Crippen molar-refractivity contribution >= 4 is 11.9 Å². The Hall–Kier alpha value is -1.82. The van der Waals surface area contributed by atoms with Gasteiger partial charge in [0.1, 0.15) is 5.69 Å². The molecule has 1 unspecified atom stereocenters. The van der Waals surface area contributed by atoms with Gasteiger partial charge < -0.3 is 19.5 Å². The molecule has 0 aliphatic carbocycles. The zero-order valence-corrected chi connectivity index (χ0v) is 18.1. The van der Waals surface area contributed by atoms with Crippen LogP contribution in [0.4, 0.5) is 0 Å². The van der Waals surface area contributed by atoms with Crippen molar-refractivity contribution < 1.29 is 14.3 Å². The molecule has 0 spiro atoms. The molecule has 0 aliphatic heterocycles. The van der Waals surface area contributed by atoms with Crippen molar-refractivity contribution in [2.75, 3.05) is 26.2 Å². The summed E-state index contributed by atoms with van der Waals surface area (Å²) in [7, 11) is 0. The van der Waals surface area contributed by atoms with E-state index in [-0.39, 0.29) is 17.9 Å². The number of rotatable bonds is 11. The molecule has 27 heavy (non-hydrogen) atoms. The Morgan fingerprint density at radius 1 is 1.15 bits per heavy atom. The maximum Gasteiger partial charge on any atom is 0.355 e. The van der Waals surface area contributed by atoms with Crippen LogP contribution >= 0.6 is 0 Å². The van der Waals surface area contributed by atoms with Gasteiger partial charge >= 0.3 is 5.97 Å². The first-order valence-corrected chi connectivity index (χ1v) is 10.2. The first-order valence-electron chi connectivity index (χ1n) is 10.2. The van der Waals surface area contributed by atoms with E-state index in [1.165, 1.54) is 0 Å². The molecule has 0 bridgehead atoms. The molecule has 6 nitrogen and oxygen atoms in total. The van der Waals surface area contributed by atoms with Gasteiger partial charge in [-0.1, -0.05) is 13.8 Å². The van der Waals surface area contributed by atoms with Crippen LogP contribution in [0.3, 0.4) is 0 Å². The van der Waals surface area contributed by atoms with Gasteiger partial charge in [-0.2, -0.15) is 0 Å². The highest BCUT2D eigenvalue weighted by Crippen LogP contribution is 2.23. The molecule has 0 radical (unpaired) electrons. The van der Waals surface area contributed by atoms with E-state index in [1.54, 1.807) is 6.92 Å². The summed E-state index contributed by atoms with van der Waals surface area (Å²) in [6.07, 6.45) is 1.98. The summed E-state index contributed by atoms with van der Waals surface area (Å²) in [5.41, 5.74) is 2.58. The van der Waals surface area contributed by atoms with Gasteiger partial charge in [-0.15, -0.1) is 0 Å². The number of amides is 1. The fourth-order valence-corrected chi connectivity index (χ4v) is 3.62. The molecule has 0 saturated carbocycles. The average Bonchev–Trinajstić information content (AvgIpc) is 2.88. The van der Waals surface area contributed by atoms with Crippen molar-refractivity contribution in [1.82, 2.24) is 14.8 Å². The van der Waals surface area contributed by atoms with Crippen LogP contribution in [0, 0.1) is 13.8 Å². The molecule has 154 valence electrons. The highest BCUT2D eigenvalue weighted by atomic mass is 16.5. The lowest BCUT2D eigenvalue weighted by atomic mass is 10.1. The highest BCUT2D eigenvalue weighted by molar-refractivity contribution is 6.01. The first-order chi connectivity index (χ1) is 12.8. The second kappa shape index (κ2) is 11.1. The van der Waals surface area contributed by atoms with Gasteiger partial charge in [-0.05, 0) is 72.7 Å². The maximum absolute atomic E-state index is 12.9. The second-order valence-electron chi connectivity index (χ2n) is 6.94. The monoisotopic (exact) mass is 379 g/mol.